The molecular formula is C17H23N3O2. The largest absolute Gasteiger partial charge is 0.363 e. The van der Waals surface area contributed by atoms with Gasteiger partial charge in [-0.1, -0.05) is 12.1 Å². The molecule has 3 heterocycles. The number of rotatable bonds is 5. The molecule has 2 aliphatic heterocycles. The van der Waals surface area contributed by atoms with Crippen LogP contribution in [-0.4, -0.2) is 47.1 Å². The smallest absolute Gasteiger partial charge is 0.249 e. The van der Waals surface area contributed by atoms with E-state index in [9.17, 15) is 4.79 Å². The lowest BCUT2D eigenvalue weighted by atomic mass is 9.98. The predicted octanol–water partition coefficient (Wildman–Crippen LogP) is 1.51. The molecule has 0 unspecified atom stereocenters. The molecule has 22 heavy (non-hydrogen) atoms. The van der Waals surface area contributed by atoms with Crippen molar-refractivity contribution in [2.75, 3.05) is 13.1 Å². The van der Waals surface area contributed by atoms with Crippen molar-refractivity contribution >= 4 is 5.91 Å². The number of carbonyl (C=O) groups excluding carboxylic acids is 1. The van der Waals surface area contributed by atoms with Crippen molar-refractivity contribution in [3.05, 3.63) is 42.7 Å². The zero-order chi connectivity index (χ0) is 15.4. The quantitative estimate of drug-likeness (QED) is 0.838. The number of nitrogens with zero attached hydrogens (tertiary/aromatic N) is 2. The van der Waals surface area contributed by atoms with E-state index < -0.39 is 0 Å². The normalized spacial score (nSPS) is 28.1. The van der Waals surface area contributed by atoms with E-state index in [0.29, 0.717) is 12.6 Å². The summed E-state index contributed by atoms with van der Waals surface area (Å²) in [4.78, 5) is 18.9. The molecule has 3 atom stereocenters. The Morgan fingerprint density at radius 2 is 2.36 bits per heavy atom. The van der Waals surface area contributed by atoms with Crippen molar-refractivity contribution in [2.24, 2.45) is 0 Å². The number of pyridine rings is 1. The summed E-state index contributed by atoms with van der Waals surface area (Å²) in [6, 6.07) is 6.13. The lowest BCUT2D eigenvalue weighted by Gasteiger charge is -2.35. The van der Waals surface area contributed by atoms with E-state index in [1.165, 1.54) is 0 Å². The molecule has 2 saturated heterocycles. The Labute approximate surface area is 131 Å². The maximum Gasteiger partial charge on any atom is 0.249 e. The fraction of sp³-hybridized carbons (Fsp3) is 0.529. The second-order valence-electron chi connectivity index (χ2n) is 5.92. The molecule has 1 amide bonds. The summed E-state index contributed by atoms with van der Waals surface area (Å²) in [7, 11) is 0. The van der Waals surface area contributed by atoms with Crippen LogP contribution in [-0.2, 0) is 16.1 Å². The number of likely N-dealkylation sites (tertiary alicyclic amines) is 1. The molecule has 2 fully saturated rings. The standard InChI is InChI=1S/C17H23N3O2/c1-2-10-20-11-8-15-14(20)6-7-16(22-15)17(21)19-12-13-5-3-4-9-18-13/h2-5,9,14-16H,1,6-8,10-12H2,(H,19,21)/t14-,15-,16-/m0/s1. The fourth-order valence-electron chi connectivity index (χ4n) is 3.39. The van der Waals surface area contributed by atoms with E-state index in [1.54, 1.807) is 6.20 Å². The highest BCUT2D eigenvalue weighted by molar-refractivity contribution is 5.80. The van der Waals surface area contributed by atoms with Gasteiger partial charge in [-0.05, 0) is 31.4 Å². The van der Waals surface area contributed by atoms with Crippen LogP contribution in [0, 0.1) is 0 Å². The van der Waals surface area contributed by atoms with E-state index >= 15 is 0 Å². The molecule has 118 valence electrons. The molecule has 0 saturated carbocycles. The first-order chi connectivity index (χ1) is 10.8. The van der Waals surface area contributed by atoms with Crippen LogP contribution in [0.4, 0.5) is 0 Å². The predicted molar refractivity (Wildman–Crippen MR) is 84.2 cm³/mol. The highest BCUT2D eigenvalue weighted by atomic mass is 16.5. The molecule has 0 aromatic carbocycles. The minimum absolute atomic E-state index is 0.0220. The van der Waals surface area contributed by atoms with Crippen molar-refractivity contribution < 1.29 is 9.53 Å². The van der Waals surface area contributed by atoms with Crippen LogP contribution in [0.15, 0.2) is 37.1 Å². The molecule has 0 bridgehead atoms. The van der Waals surface area contributed by atoms with E-state index in [4.69, 9.17) is 4.74 Å². The van der Waals surface area contributed by atoms with Gasteiger partial charge in [0, 0.05) is 25.3 Å². The molecule has 1 N–H and O–H groups in total. The number of carbonyl (C=O) groups is 1. The summed E-state index contributed by atoms with van der Waals surface area (Å²) in [6.07, 6.45) is 6.32. The van der Waals surface area contributed by atoms with Gasteiger partial charge in [-0.3, -0.25) is 14.7 Å². The molecule has 2 aliphatic rings. The molecule has 0 aliphatic carbocycles. The van der Waals surface area contributed by atoms with Crippen LogP contribution in [0.1, 0.15) is 25.0 Å². The Balaban J connectivity index is 1.50. The number of fused-ring (bicyclic) bond motifs is 1. The topological polar surface area (TPSA) is 54.5 Å². The Kier molecular flexibility index (Phi) is 4.85. The number of hydrogen-bond donors (Lipinski definition) is 1. The van der Waals surface area contributed by atoms with Gasteiger partial charge in [-0.25, -0.2) is 0 Å². The van der Waals surface area contributed by atoms with Crippen LogP contribution in [0.5, 0.6) is 0 Å². The summed E-state index contributed by atoms with van der Waals surface area (Å²) >= 11 is 0. The van der Waals surface area contributed by atoms with Gasteiger partial charge in [0.25, 0.3) is 0 Å². The van der Waals surface area contributed by atoms with Crippen molar-refractivity contribution in [3.8, 4) is 0 Å². The molecule has 0 spiro atoms. The highest BCUT2D eigenvalue weighted by Crippen LogP contribution is 2.31. The molecule has 0 radical (unpaired) electrons. The third kappa shape index (κ3) is 3.36. The van der Waals surface area contributed by atoms with Crippen LogP contribution >= 0.6 is 0 Å². The van der Waals surface area contributed by atoms with Crippen molar-refractivity contribution in [3.63, 3.8) is 0 Å². The van der Waals surface area contributed by atoms with Gasteiger partial charge in [0.15, 0.2) is 0 Å². The fourth-order valence-corrected chi connectivity index (χ4v) is 3.39. The third-order valence-electron chi connectivity index (χ3n) is 4.49. The van der Waals surface area contributed by atoms with Gasteiger partial charge in [0.1, 0.15) is 6.10 Å². The average molecular weight is 301 g/mol. The van der Waals surface area contributed by atoms with Crippen LogP contribution in [0.25, 0.3) is 0 Å². The first-order valence-corrected chi connectivity index (χ1v) is 7.96. The number of amides is 1. The van der Waals surface area contributed by atoms with E-state index in [0.717, 1.165) is 38.0 Å². The SMILES string of the molecule is C=CCN1CC[C@@H]2O[C@H](C(=O)NCc3ccccn3)CC[C@@H]21. The monoisotopic (exact) mass is 301 g/mol. The molecule has 3 rings (SSSR count). The molecule has 1 aromatic rings. The van der Waals surface area contributed by atoms with Crippen molar-refractivity contribution in [1.29, 1.82) is 0 Å². The lowest BCUT2D eigenvalue weighted by molar-refractivity contribution is -0.143. The maximum absolute atomic E-state index is 12.3. The Morgan fingerprint density at radius 1 is 1.45 bits per heavy atom. The lowest BCUT2D eigenvalue weighted by Crippen LogP contribution is -2.47. The highest BCUT2D eigenvalue weighted by Gasteiger charge is 2.41. The van der Waals surface area contributed by atoms with E-state index in [-0.39, 0.29) is 18.1 Å². The zero-order valence-corrected chi connectivity index (χ0v) is 12.8. The van der Waals surface area contributed by atoms with Gasteiger partial charge in [-0.2, -0.15) is 0 Å². The first-order valence-electron chi connectivity index (χ1n) is 7.96. The summed E-state index contributed by atoms with van der Waals surface area (Å²) in [5, 5.41) is 2.93. The summed E-state index contributed by atoms with van der Waals surface area (Å²) in [5.74, 6) is -0.0220. The molecule has 5 heteroatoms. The second-order valence-corrected chi connectivity index (χ2v) is 5.92. The van der Waals surface area contributed by atoms with Gasteiger partial charge in [-0.15, -0.1) is 6.58 Å². The summed E-state index contributed by atoms with van der Waals surface area (Å²) < 4.78 is 6.03. The minimum atomic E-state index is -0.325. The molecule has 1 aromatic heterocycles. The number of nitrogens with one attached hydrogen (secondary N) is 1. The number of ether oxygens (including phenoxy) is 1. The van der Waals surface area contributed by atoms with Gasteiger partial charge < -0.3 is 10.1 Å². The van der Waals surface area contributed by atoms with Gasteiger partial charge in [0.05, 0.1) is 18.3 Å². The Hall–Kier alpha value is -1.72. The second kappa shape index (κ2) is 7.03. The molecular weight excluding hydrogens is 278 g/mol. The number of hydrogen-bond acceptors (Lipinski definition) is 4. The van der Waals surface area contributed by atoms with Gasteiger partial charge >= 0.3 is 0 Å². The minimum Gasteiger partial charge on any atom is -0.363 e. The van der Waals surface area contributed by atoms with Crippen LogP contribution in [0.2, 0.25) is 0 Å². The Bertz CT molecular complexity index is 520. The van der Waals surface area contributed by atoms with Gasteiger partial charge in [0.2, 0.25) is 5.91 Å². The number of aromatic nitrogens is 1. The summed E-state index contributed by atoms with van der Waals surface area (Å²) in [5.41, 5.74) is 0.863. The summed E-state index contributed by atoms with van der Waals surface area (Å²) in [6.45, 7) is 6.20. The third-order valence-corrected chi connectivity index (χ3v) is 4.49. The Morgan fingerprint density at radius 3 is 3.14 bits per heavy atom. The average Bonchev–Trinajstić information content (AvgIpc) is 2.96. The van der Waals surface area contributed by atoms with E-state index in [1.807, 2.05) is 24.3 Å². The maximum atomic E-state index is 12.3. The van der Waals surface area contributed by atoms with Crippen LogP contribution < -0.4 is 5.32 Å². The van der Waals surface area contributed by atoms with Crippen molar-refractivity contribution in [1.82, 2.24) is 15.2 Å². The van der Waals surface area contributed by atoms with Crippen molar-refractivity contribution in [2.45, 2.75) is 44.1 Å². The van der Waals surface area contributed by atoms with Crippen LogP contribution in [0.3, 0.4) is 0 Å². The molecule has 5 nitrogen and oxygen atoms in total. The zero-order valence-electron chi connectivity index (χ0n) is 12.8. The van der Waals surface area contributed by atoms with E-state index in [2.05, 4.69) is 21.8 Å². The first kappa shape index (κ1) is 15.2.